The molecule has 0 saturated heterocycles. The normalized spacial score (nSPS) is 16.3. The Morgan fingerprint density at radius 1 is 1.00 bits per heavy atom. The first-order valence-corrected chi connectivity index (χ1v) is 9.65. The maximum absolute atomic E-state index is 13.4. The number of benzene rings is 3. The number of carbonyl (C=O) groups excluding carboxylic acids is 1. The van der Waals surface area contributed by atoms with Gasteiger partial charge in [0, 0.05) is 22.1 Å². The van der Waals surface area contributed by atoms with Gasteiger partial charge in [0.05, 0.1) is 16.9 Å². The summed E-state index contributed by atoms with van der Waals surface area (Å²) in [6, 6.07) is 23.0. The number of carbonyl (C=O) groups is 1. The lowest BCUT2D eigenvalue weighted by molar-refractivity contribution is 0.0708. The lowest BCUT2D eigenvalue weighted by Gasteiger charge is -2.44. The molecule has 0 aliphatic carbocycles. The first-order chi connectivity index (χ1) is 13.1. The standard InChI is InChI=1S/C21H17BrClN3O/c1-25-19-12-11-14(23)13-17(19)21(27)26(24-15-7-3-2-4-8-15)20(25)16-9-5-6-10-18(16)22/h2-13,20,24H,1H3. The number of rotatable bonds is 3. The molecule has 0 fully saturated rings. The molecule has 0 saturated carbocycles. The van der Waals surface area contributed by atoms with Crippen LogP contribution in [0.5, 0.6) is 0 Å². The quantitative estimate of drug-likeness (QED) is 0.563. The minimum atomic E-state index is -0.332. The average Bonchev–Trinajstić information content (AvgIpc) is 2.68. The van der Waals surface area contributed by atoms with Crippen molar-refractivity contribution in [3.63, 3.8) is 0 Å². The summed E-state index contributed by atoms with van der Waals surface area (Å²) in [5, 5.41) is 2.18. The third kappa shape index (κ3) is 3.29. The highest BCUT2D eigenvalue weighted by atomic mass is 79.9. The van der Waals surface area contributed by atoms with Crippen LogP contribution in [0.4, 0.5) is 11.4 Å². The van der Waals surface area contributed by atoms with Crippen molar-refractivity contribution < 1.29 is 4.79 Å². The number of halogens is 2. The number of nitrogens with zero attached hydrogens (tertiary/aromatic N) is 2. The fraction of sp³-hybridized carbons (Fsp3) is 0.0952. The first kappa shape index (κ1) is 17.9. The topological polar surface area (TPSA) is 35.6 Å². The number of fused-ring (bicyclic) bond motifs is 1. The van der Waals surface area contributed by atoms with Gasteiger partial charge in [0.15, 0.2) is 6.17 Å². The summed E-state index contributed by atoms with van der Waals surface area (Å²) >= 11 is 9.79. The highest BCUT2D eigenvalue weighted by Crippen LogP contribution is 2.40. The van der Waals surface area contributed by atoms with E-state index in [-0.39, 0.29) is 12.1 Å². The second-order valence-electron chi connectivity index (χ2n) is 6.32. The third-order valence-electron chi connectivity index (χ3n) is 4.61. The van der Waals surface area contributed by atoms with Crippen LogP contribution in [0.1, 0.15) is 22.1 Å². The molecule has 4 nitrogen and oxygen atoms in total. The third-order valence-corrected chi connectivity index (χ3v) is 5.56. The maximum atomic E-state index is 13.4. The van der Waals surface area contributed by atoms with Gasteiger partial charge in [-0.25, -0.2) is 5.01 Å². The Hall–Kier alpha value is -2.50. The lowest BCUT2D eigenvalue weighted by atomic mass is 10.0. The predicted molar refractivity (Wildman–Crippen MR) is 113 cm³/mol. The molecule has 1 atom stereocenters. The molecule has 1 N–H and O–H groups in total. The number of hydrogen-bond acceptors (Lipinski definition) is 3. The van der Waals surface area contributed by atoms with Gasteiger partial charge in [0.25, 0.3) is 5.91 Å². The zero-order chi connectivity index (χ0) is 19.0. The largest absolute Gasteiger partial charge is 0.348 e. The van der Waals surface area contributed by atoms with Crippen LogP contribution in [0.25, 0.3) is 0 Å². The fourth-order valence-corrected chi connectivity index (χ4v) is 3.99. The van der Waals surface area contributed by atoms with Crippen molar-refractivity contribution in [3.05, 3.63) is 93.4 Å². The van der Waals surface area contributed by atoms with Gasteiger partial charge in [-0.1, -0.05) is 63.9 Å². The van der Waals surface area contributed by atoms with Gasteiger partial charge in [0.2, 0.25) is 0 Å². The van der Waals surface area contributed by atoms with Gasteiger partial charge in [-0.2, -0.15) is 0 Å². The van der Waals surface area contributed by atoms with Crippen LogP contribution in [0, 0.1) is 0 Å². The van der Waals surface area contributed by atoms with E-state index in [9.17, 15) is 4.79 Å². The van der Waals surface area contributed by atoms with E-state index in [1.54, 1.807) is 11.1 Å². The van der Waals surface area contributed by atoms with Crippen LogP contribution in [0.3, 0.4) is 0 Å². The van der Waals surface area contributed by atoms with E-state index < -0.39 is 0 Å². The Bertz CT molecular complexity index is 996. The summed E-state index contributed by atoms with van der Waals surface area (Å²) in [6.45, 7) is 0. The lowest BCUT2D eigenvalue weighted by Crippen LogP contribution is -2.50. The zero-order valence-corrected chi connectivity index (χ0v) is 16.9. The van der Waals surface area contributed by atoms with E-state index in [2.05, 4.69) is 26.3 Å². The SMILES string of the molecule is CN1c2ccc(Cl)cc2C(=O)N(Nc2ccccc2)C1c1ccccc1Br. The summed E-state index contributed by atoms with van der Waals surface area (Å²) in [6.07, 6.45) is -0.332. The van der Waals surface area contributed by atoms with Crippen molar-refractivity contribution in [2.75, 3.05) is 17.4 Å². The molecule has 1 aliphatic heterocycles. The smallest absolute Gasteiger partial charge is 0.276 e. The minimum absolute atomic E-state index is 0.129. The summed E-state index contributed by atoms with van der Waals surface area (Å²) in [7, 11) is 1.98. The molecule has 0 radical (unpaired) electrons. The number of anilines is 2. The Morgan fingerprint density at radius 2 is 1.70 bits per heavy atom. The molecule has 6 heteroatoms. The fourth-order valence-electron chi connectivity index (χ4n) is 3.33. The highest BCUT2D eigenvalue weighted by molar-refractivity contribution is 9.10. The molecule has 0 aromatic heterocycles. The molecular formula is C21H17BrClN3O. The van der Waals surface area contributed by atoms with Crippen LogP contribution in [-0.2, 0) is 0 Å². The van der Waals surface area contributed by atoms with Gasteiger partial charge < -0.3 is 4.90 Å². The van der Waals surface area contributed by atoms with Crippen LogP contribution >= 0.6 is 27.5 Å². The van der Waals surface area contributed by atoms with E-state index in [1.165, 1.54) is 0 Å². The first-order valence-electron chi connectivity index (χ1n) is 8.48. The van der Waals surface area contributed by atoms with Gasteiger partial charge >= 0.3 is 0 Å². The van der Waals surface area contributed by atoms with Crippen LogP contribution < -0.4 is 10.3 Å². The van der Waals surface area contributed by atoms with Gasteiger partial charge in [-0.05, 0) is 36.4 Å². The molecule has 0 spiro atoms. The average molecular weight is 443 g/mol. The molecule has 1 unspecified atom stereocenters. The minimum Gasteiger partial charge on any atom is -0.348 e. The highest BCUT2D eigenvalue weighted by Gasteiger charge is 2.38. The summed E-state index contributed by atoms with van der Waals surface area (Å²) in [4.78, 5) is 15.4. The molecular weight excluding hydrogens is 426 g/mol. The van der Waals surface area contributed by atoms with Crippen molar-refractivity contribution in [2.45, 2.75) is 6.17 Å². The van der Waals surface area contributed by atoms with Crippen molar-refractivity contribution in [1.29, 1.82) is 0 Å². The van der Waals surface area contributed by atoms with Crippen LogP contribution in [0.15, 0.2) is 77.3 Å². The number of hydrogen-bond donors (Lipinski definition) is 1. The molecule has 0 bridgehead atoms. The Kier molecular flexibility index (Phi) is 4.81. The van der Waals surface area contributed by atoms with Gasteiger partial charge in [-0.15, -0.1) is 0 Å². The second kappa shape index (κ2) is 7.25. The van der Waals surface area contributed by atoms with Gasteiger partial charge in [0.1, 0.15) is 0 Å². The second-order valence-corrected chi connectivity index (χ2v) is 7.61. The Morgan fingerprint density at radius 3 is 2.44 bits per heavy atom. The molecule has 1 aliphatic rings. The van der Waals surface area contributed by atoms with E-state index >= 15 is 0 Å². The molecule has 136 valence electrons. The summed E-state index contributed by atoms with van der Waals surface area (Å²) in [5.41, 5.74) is 6.50. The van der Waals surface area contributed by atoms with E-state index in [0.29, 0.717) is 10.6 Å². The zero-order valence-electron chi connectivity index (χ0n) is 14.6. The summed E-state index contributed by atoms with van der Waals surface area (Å²) in [5.74, 6) is -0.129. The van der Waals surface area contributed by atoms with E-state index in [4.69, 9.17) is 11.6 Å². The number of nitrogens with one attached hydrogen (secondary N) is 1. The monoisotopic (exact) mass is 441 g/mol. The van der Waals surface area contributed by atoms with Crippen molar-refractivity contribution in [2.24, 2.45) is 0 Å². The van der Waals surface area contributed by atoms with Crippen molar-refractivity contribution >= 4 is 44.8 Å². The molecule has 1 heterocycles. The molecule has 3 aromatic carbocycles. The maximum Gasteiger partial charge on any atom is 0.276 e. The Balaban J connectivity index is 1.86. The Labute approximate surface area is 171 Å². The number of amides is 1. The summed E-state index contributed by atoms with van der Waals surface area (Å²) < 4.78 is 0.937. The molecule has 4 rings (SSSR count). The van der Waals surface area contributed by atoms with E-state index in [1.807, 2.05) is 73.8 Å². The molecule has 3 aromatic rings. The molecule has 27 heavy (non-hydrogen) atoms. The van der Waals surface area contributed by atoms with Crippen molar-refractivity contribution in [3.8, 4) is 0 Å². The predicted octanol–water partition coefficient (Wildman–Crippen LogP) is 5.72. The number of para-hydroxylation sites is 1. The van der Waals surface area contributed by atoms with Gasteiger partial charge in [-0.3, -0.25) is 10.2 Å². The molecule has 1 amide bonds. The van der Waals surface area contributed by atoms with E-state index in [0.717, 1.165) is 21.4 Å². The number of hydrazine groups is 1. The van der Waals surface area contributed by atoms with Crippen molar-refractivity contribution in [1.82, 2.24) is 5.01 Å². The van der Waals surface area contributed by atoms with Crippen LogP contribution in [-0.4, -0.2) is 18.0 Å². The van der Waals surface area contributed by atoms with Crippen LogP contribution in [0.2, 0.25) is 5.02 Å².